The van der Waals surface area contributed by atoms with Crippen molar-refractivity contribution < 1.29 is 13.9 Å². The highest BCUT2D eigenvalue weighted by Gasteiger charge is 2.22. The van der Waals surface area contributed by atoms with Gasteiger partial charge in [0.05, 0.1) is 5.02 Å². The van der Waals surface area contributed by atoms with Crippen LogP contribution in [0.5, 0.6) is 5.75 Å². The van der Waals surface area contributed by atoms with Crippen molar-refractivity contribution in [3.8, 4) is 5.75 Å². The summed E-state index contributed by atoms with van der Waals surface area (Å²) in [6.45, 7) is 1.76. The lowest BCUT2D eigenvalue weighted by molar-refractivity contribution is -0.134. The lowest BCUT2D eigenvalue weighted by Crippen LogP contribution is -2.45. The molecule has 1 aromatic rings. The van der Waals surface area contributed by atoms with Crippen LogP contribution < -0.4 is 10.1 Å². The molecule has 1 fully saturated rings. The molecule has 0 saturated carbocycles. The minimum Gasteiger partial charge on any atom is -0.482 e. The maximum absolute atomic E-state index is 12.9. The molecule has 1 aliphatic rings. The lowest BCUT2D eigenvalue weighted by atomic mass is 10.1. The predicted octanol–water partition coefficient (Wildman–Crippen LogP) is 2.49. The maximum Gasteiger partial charge on any atom is 0.260 e. The number of likely N-dealkylation sites (N-methyl/N-ethyl adjacent to an activating group) is 1. The highest BCUT2D eigenvalue weighted by atomic mass is 35.5. The van der Waals surface area contributed by atoms with Gasteiger partial charge in [-0.15, -0.1) is 12.4 Å². The summed E-state index contributed by atoms with van der Waals surface area (Å²) >= 11 is 5.84. The van der Waals surface area contributed by atoms with Crippen LogP contribution >= 0.6 is 24.0 Å². The third-order valence-corrected chi connectivity index (χ3v) is 3.79. The Morgan fingerprint density at radius 2 is 2.14 bits per heavy atom. The van der Waals surface area contributed by atoms with Crippen molar-refractivity contribution in [2.75, 3.05) is 26.7 Å². The average molecular weight is 337 g/mol. The molecule has 1 heterocycles. The highest BCUT2D eigenvalue weighted by molar-refractivity contribution is 6.32. The van der Waals surface area contributed by atoms with Crippen LogP contribution in [0.1, 0.15) is 12.8 Å². The first kappa shape index (κ1) is 18.0. The molecule has 0 bridgehead atoms. The number of piperidine rings is 1. The standard InChI is InChI=1S/C14H18ClFN2O2.ClH/c1-18(11-4-6-17-7-5-11)14(19)9-20-13-3-2-10(16)8-12(13)15;/h2-3,8,11,17H,4-7,9H2,1H3;1H. The van der Waals surface area contributed by atoms with E-state index >= 15 is 0 Å². The highest BCUT2D eigenvalue weighted by Crippen LogP contribution is 2.24. The molecule has 118 valence electrons. The number of rotatable bonds is 4. The van der Waals surface area contributed by atoms with E-state index in [1.807, 2.05) is 0 Å². The topological polar surface area (TPSA) is 41.6 Å². The van der Waals surface area contributed by atoms with E-state index in [1.54, 1.807) is 11.9 Å². The summed E-state index contributed by atoms with van der Waals surface area (Å²) < 4.78 is 18.3. The number of carbonyl (C=O) groups excluding carboxylic acids is 1. The molecule has 0 spiro atoms. The van der Waals surface area contributed by atoms with Crippen molar-refractivity contribution in [1.82, 2.24) is 10.2 Å². The monoisotopic (exact) mass is 336 g/mol. The molecular formula is C14H19Cl2FN2O2. The van der Waals surface area contributed by atoms with Crippen LogP contribution in [0.2, 0.25) is 5.02 Å². The van der Waals surface area contributed by atoms with Gasteiger partial charge in [-0.05, 0) is 44.1 Å². The molecule has 0 unspecified atom stereocenters. The second-order valence-corrected chi connectivity index (χ2v) is 5.26. The number of amides is 1. The SMILES string of the molecule is CN(C(=O)COc1ccc(F)cc1Cl)C1CCNCC1.Cl. The van der Waals surface area contributed by atoms with E-state index in [-0.39, 0.29) is 36.0 Å². The number of hydrogen-bond acceptors (Lipinski definition) is 3. The van der Waals surface area contributed by atoms with E-state index in [9.17, 15) is 9.18 Å². The molecular weight excluding hydrogens is 318 g/mol. The van der Waals surface area contributed by atoms with Crippen molar-refractivity contribution in [3.05, 3.63) is 29.0 Å². The minimum atomic E-state index is -0.430. The number of carbonyl (C=O) groups is 1. The Morgan fingerprint density at radius 3 is 2.76 bits per heavy atom. The number of halogens is 3. The fourth-order valence-corrected chi connectivity index (χ4v) is 2.45. The molecule has 0 aromatic heterocycles. The van der Waals surface area contributed by atoms with E-state index in [0.717, 1.165) is 32.0 Å². The van der Waals surface area contributed by atoms with Gasteiger partial charge in [0, 0.05) is 13.1 Å². The molecule has 0 radical (unpaired) electrons. The minimum absolute atomic E-state index is 0. The largest absolute Gasteiger partial charge is 0.482 e. The van der Waals surface area contributed by atoms with Crippen molar-refractivity contribution >= 4 is 29.9 Å². The Kier molecular flexibility index (Phi) is 7.22. The normalized spacial score (nSPS) is 15.2. The summed E-state index contributed by atoms with van der Waals surface area (Å²) in [4.78, 5) is 13.8. The summed E-state index contributed by atoms with van der Waals surface area (Å²) in [5, 5.41) is 3.43. The molecule has 1 amide bonds. The van der Waals surface area contributed by atoms with Crippen LogP contribution in [0, 0.1) is 5.82 Å². The summed E-state index contributed by atoms with van der Waals surface area (Å²) in [5.41, 5.74) is 0. The number of nitrogens with zero attached hydrogens (tertiary/aromatic N) is 1. The van der Waals surface area contributed by atoms with Gasteiger partial charge in [0.15, 0.2) is 6.61 Å². The zero-order chi connectivity index (χ0) is 14.5. The molecule has 0 atom stereocenters. The van der Waals surface area contributed by atoms with Crippen LogP contribution in [-0.2, 0) is 4.79 Å². The van der Waals surface area contributed by atoms with Crippen LogP contribution in [0.15, 0.2) is 18.2 Å². The Morgan fingerprint density at radius 1 is 1.48 bits per heavy atom. The van der Waals surface area contributed by atoms with E-state index in [0.29, 0.717) is 5.75 Å². The van der Waals surface area contributed by atoms with Crippen LogP contribution in [-0.4, -0.2) is 43.6 Å². The van der Waals surface area contributed by atoms with Gasteiger partial charge in [0.1, 0.15) is 11.6 Å². The van der Waals surface area contributed by atoms with Gasteiger partial charge in [0.2, 0.25) is 0 Å². The summed E-state index contributed by atoms with van der Waals surface area (Å²) in [5.74, 6) is -0.210. The van der Waals surface area contributed by atoms with E-state index in [4.69, 9.17) is 16.3 Å². The van der Waals surface area contributed by atoms with Gasteiger partial charge >= 0.3 is 0 Å². The molecule has 7 heteroatoms. The Bertz CT molecular complexity index is 482. The number of benzene rings is 1. The molecule has 4 nitrogen and oxygen atoms in total. The molecule has 0 aliphatic carbocycles. The van der Waals surface area contributed by atoms with E-state index in [1.165, 1.54) is 12.1 Å². The fraction of sp³-hybridized carbons (Fsp3) is 0.500. The Balaban J connectivity index is 0.00000220. The van der Waals surface area contributed by atoms with Gasteiger partial charge in [0.25, 0.3) is 5.91 Å². The number of ether oxygens (including phenoxy) is 1. The lowest BCUT2D eigenvalue weighted by Gasteiger charge is -2.31. The Labute approximate surface area is 135 Å². The fourth-order valence-electron chi connectivity index (χ4n) is 2.23. The van der Waals surface area contributed by atoms with Crippen LogP contribution in [0.25, 0.3) is 0 Å². The van der Waals surface area contributed by atoms with Crippen molar-refractivity contribution in [3.63, 3.8) is 0 Å². The van der Waals surface area contributed by atoms with E-state index < -0.39 is 5.82 Å². The van der Waals surface area contributed by atoms with Crippen molar-refractivity contribution in [2.24, 2.45) is 0 Å². The predicted molar refractivity (Wildman–Crippen MR) is 82.8 cm³/mol. The molecule has 1 saturated heterocycles. The molecule has 1 aromatic carbocycles. The average Bonchev–Trinajstić information content (AvgIpc) is 2.46. The van der Waals surface area contributed by atoms with Gasteiger partial charge in [-0.1, -0.05) is 11.6 Å². The first-order valence-corrected chi connectivity index (χ1v) is 7.00. The zero-order valence-electron chi connectivity index (χ0n) is 11.8. The molecule has 2 rings (SSSR count). The number of hydrogen-bond donors (Lipinski definition) is 1. The van der Waals surface area contributed by atoms with Gasteiger partial charge in [-0.3, -0.25) is 4.79 Å². The molecule has 1 aliphatic heterocycles. The molecule has 21 heavy (non-hydrogen) atoms. The second-order valence-electron chi connectivity index (χ2n) is 4.85. The van der Waals surface area contributed by atoms with Gasteiger partial charge < -0.3 is 15.0 Å². The molecule has 1 N–H and O–H groups in total. The second kappa shape index (κ2) is 8.41. The Hall–Kier alpha value is -1.04. The van der Waals surface area contributed by atoms with Gasteiger partial charge in [-0.2, -0.15) is 0 Å². The summed E-state index contributed by atoms with van der Waals surface area (Å²) in [6.07, 6.45) is 1.89. The van der Waals surface area contributed by atoms with E-state index in [2.05, 4.69) is 5.32 Å². The van der Waals surface area contributed by atoms with Gasteiger partial charge in [-0.25, -0.2) is 4.39 Å². The summed E-state index contributed by atoms with van der Waals surface area (Å²) in [7, 11) is 1.79. The summed E-state index contributed by atoms with van der Waals surface area (Å²) in [6, 6.07) is 4.09. The third-order valence-electron chi connectivity index (χ3n) is 3.49. The van der Waals surface area contributed by atoms with Crippen LogP contribution in [0.3, 0.4) is 0 Å². The van der Waals surface area contributed by atoms with Crippen molar-refractivity contribution in [1.29, 1.82) is 0 Å². The smallest absolute Gasteiger partial charge is 0.260 e. The number of nitrogens with one attached hydrogen (secondary N) is 1. The third kappa shape index (κ3) is 5.02. The quantitative estimate of drug-likeness (QED) is 0.918. The zero-order valence-corrected chi connectivity index (χ0v) is 13.3. The first-order chi connectivity index (χ1) is 9.58. The van der Waals surface area contributed by atoms with Crippen molar-refractivity contribution in [2.45, 2.75) is 18.9 Å². The maximum atomic E-state index is 12.9. The first-order valence-electron chi connectivity index (χ1n) is 6.62. The van der Waals surface area contributed by atoms with Crippen LogP contribution in [0.4, 0.5) is 4.39 Å².